The van der Waals surface area contributed by atoms with Crippen LogP contribution < -0.4 is 0 Å². The second-order valence-electron chi connectivity index (χ2n) is 4.98. The Morgan fingerprint density at radius 1 is 1.00 bits per heavy atom. The summed E-state index contributed by atoms with van der Waals surface area (Å²) in [6, 6.07) is 5.91. The molecule has 0 aromatic heterocycles. The van der Waals surface area contributed by atoms with Gasteiger partial charge in [0.2, 0.25) is 0 Å². The van der Waals surface area contributed by atoms with Gasteiger partial charge in [0.05, 0.1) is 17.6 Å². The van der Waals surface area contributed by atoms with E-state index in [1.807, 2.05) is 0 Å². The van der Waals surface area contributed by atoms with Gasteiger partial charge in [0.25, 0.3) is 10.1 Å². The first-order valence-electron chi connectivity index (χ1n) is 6.97. The average Bonchev–Trinajstić information content (AvgIpc) is 2.52. The lowest BCUT2D eigenvalue weighted by Crippen LogP contribution is -2.45. The number of rotatable bonds is 7. The summed E-state index contributed by atoms with van der Waals surface area (Å²) in [5.41, 5.74) is 0.879. The van der Waals surface area contributed by atoms with E-state index in [2.05, 4.69) is 4.18 Å². The predicted octanol–water partition coefficient (Wildman–Crippen LogP) is -1.91. The zero-order valence-electron chi connectivity index (χ0n) is 13.3. The monoisotopic (exact) mass is 368 g/mol. The van der Waals surface area contributed by atoms with Gasteiger partial charge in [0.1, 0.15) is 25.1 Å². The summed E-state index contributed by atoms with van der Waals surface area (Å²) < 4.78 is 28.3. The summed E-state index contributed by atoms with van der Waals surface area (Å²) in [7, 11) is -4.07. The smallest absolute Gasteiger partial charge is 0.297 e. The summed E-state index contributed by atoms with van der Waals surface area (Å²) >= 11 is 0. The highest BCUT2D eigenvalue weighted by atomic mass is 32.2. The van der Waals surface area contributed by atoms with Crippen molar-refractivity contribution in [2.75, 3.05) is 13.4 Å². The van der Waals surface area contributed by atoms with E-state index in [1.54, 1.807) is 19.1 Å². The molecule has 0 spiro atoms. The van der Waals surface area contributed by atoms with Crippen LogP contribution in [0.25, 0.3) is 0 Å². The molecule has 0 saturated heterocycles. The van der Waals surface area contributed by atoms with Crippen molar-refractivity contribution in [2.24, 2.45) is 0 Å². The fourth-order valence-electron chi connectivity index (χ4n) is 1.54. The van der Waals surface area contributed by atoms with Crippen LogP contribution in [0.3, 0.4) is 0 Å². The molecule has 24 heavy (non-hydrogen) atoms. The van der Waals surface area contributed by atoms with Crippen molar-refractivity contribution < 1.29 is 43.2 Å². The third kappa shape index (κ3) is 7.64. The van der Waals surface area contributed by atoms with Crippen molar-refractivity contribution in [2.45, 2.75) is 43.2 Å². The van der Waals surface area contributed by atoms with Crippen molar-refractivity contribution in [3.63, 3.8) is 0 Å². The molecule has 0 fully saturated rings. The van der Waals surface area contributed by atoms with Crippen LogP contribution in [0.4, 0.5) is 0 Å². The first-order chi connectivity index (χ1) is 11.1. The second kappa shape index (κ2) is 10.7. The summed E-state index contributed by atoms with van der Waals surface area (Å²) in [5.74, 6) is 0. The molecule has 0 heterocycles. The van der Waals surface area contributed by atoms with E-state index in [1.165, 1.54) is 19.1 Å². The van der Waals surface area contributed by atoms with Gasteiger partial charge in [-0.25, -0.2) is 0 Å². The van der Waals surface area contributed by atoms with Gasteiger partial charge in [-0.2, -0.15) is 8.42 Å². The molecule has 0 radical (unpaired) electrons. The normalized spacial score (nSPS) is 16.5. The third-order valence-electron chi connectivity index (χ3n) is 2.94. The maximum atomic E-state index is 11.8. The van der Waals surface area contributed by atoms with Crippen molar-refractivity contribution in [3.05, 3.63) is 29.8 Å². The molecule has 0 aliphatic heterocycles. The molecule has 6 N–H and O–H groups in total. The van der Waals surface area contributed by atoms with E-state index in [0.717, 1.165) is 5.56 Å². The van der Waals surface area contributed by atoms with Crippen molar-refractivity contribution >= 4 is 10.1 Å². The average molecular weight is 368 g/mol. The van der Waals surface area contributed by atoms with Crippen molar-refractivity contribution in [3.8, 4) is 0 Å². The number of benzene rings is 1. The molecule has 0 bridgehead atoms. The largest absolute Gasteiger partial charge is 0.391 e. The van der Waals surface area contributed by atoms with Gasteiger partial charge in [-0.05, 0) is 26.0 Å². The lowest BCUT2D eigenvalue weighted by molar-refractivity contribution is -0.108. The number of aliphatic hydroxyl groups excluding tert-OH is 5. The molecule has 1 aromatic carbocycles. The molecule has 0 amide bonds. The van der Waals surface area contributed by atoms with E-state index >= 15 is 0 Å². The molecular weight excluding hydrogens is 344 g/mol. The minimum Gasteiger partial charge on any atom is -0.391 e. The summed E-state index contributed by atoms with van der Waals surface area (Å²) in [5, 5.41) is 51.8. The topological polar surface area (TPSA) is 165 Å². The second-order valence-corrected chi connectivity index (χ2v) is 6.60. The van der Waals surface area contributed by atoms with Crippen LogP contribution >= 0.6 is 0 Å². The van der Waals surface area contributed by atoms with Gasteiger partial charge < -0.3 is 30.6 Å². The fraction of sp³-hybridized carbons (Fsp3) is 0.571. The Bertz CT molecular complexity index is 556. The Hall–Kier alpha value is -1.11. The van der Waals surface area contributed by atoms with Crippen LogP contribution in [0.5, 0.6) is 0 Å². The summed E-state index contributed by atoms with van der Waals surface area (Å²) in [4.78, 5) is -0.0779. The Balaban J connectivity index is 0.00000163. The Kier molecular flexibility index (Phi) is 10.2. The van der Waals surface area contributed by atoms with Gasteiger partial charge in [-0.3, -0.25) is 4.18 Å². The van der Waals surface area contributed by atoms with Crippen LogP contribution in [0.2, 0.25) is 0 Å². The quantitative estimate of drug-likeness (QED) is 0.238. The molecule has 4 unspecified atom stereocenters. The maximum Gasteiger partial charge on any atom is 0.297 e. The molecule has 9 nitrogen and oxygen atoms in total. The molecule has 0 aliphatic rings. The highest BCUT2D eigenvalue weighted by molar-refractivity contribution is 7.86. The number of aliphatic hydroxyl groups is 6. The molecule has 1 rings (SSSR count). The van der Waals surface area contributed by atoms with Crippen molar-refractivity contribution in [1.29, 1.82) is 0 Å². The molecule has 0 saturated carbocycles. The summed E-state index contributed by atoms with van der Waals surface area (Å²) in [6.45, 7) is 1.54. The lowest BCUT2D eigenvalue weighted by Gasteiger charge is -2.24. The van der Waals surface area contributed by atoms with Crippen LogP contribution in [-0.4, -0.2) is 76.9 Å². The maximum absolute atomic E-state index is 11.8. The van der Waals surface area contributed by atoms with Crippen LogP contribution in [-0.2, 0) is 14.3 Å². The van der Waals surface area contributed by atoms with Crippen LogP contribution in [0.1, 0.15) is 12.5 Å². The highest BCUT2D eigenvalue weighted by Crippen LogP contribution is 2.14. The fourth-order valence-corrected chi connectivity index (χ4v) is 2.47. The molecule has 10 heteroatoms. The highest BCUT2D eigenvalue weighted by Gasteiger charge is 2.29. The van der Waals surface area contributed by atoms with Gasteiger partial charge >= 0.3 is 0 Å². The molecule has 140 valence electrons. The van der Waals surface area contributed by atoms with Gasteiger partial charge in [0.15, 0.2) is 0 Å². The van der Waals surface area contributed by atoms with E-state index in [-0.39, 0.29) is 4.90 Å². The Labute approximate surface area is 140 Å². The SMILES string of the molecule is Cc1ccc(S(=O)(=O)OCC(O)C(O)C(O)C(C)O)cc1.OCO. The van der Waals surface area contributed by atoms with E-state index < -0.39 is 47.9 Å². The third-order valence-corrected chi connectivity index (χ3v) is 4.24. The van der Waals surface area contributed by atoms with Gasteiger partial charge in [-0.1, -0.05) is 17.7 Å². The molecular formula is C14H24O9S. The molecule has 0 aliphatic carbocycles. The van der Waals surface area contributed by atoms with E-state index in [0.29, 0.717) is 0 Å². The molecule has 1 aromatic rings. The lowest BCUT2D eigenvalue weighted by atomic mass is 10.1. The zero-order valence-corrected chi connectivity index (χ0v) is 14.2. The van der Waals surface area contributed by atoms with E-state index in [4.69, 9.17) is 15.3 Å². The number of aryl methyl sites for hydroxylation is 1. The minimum atomic E-state index is -4.07. The standard InChI is InChI=1S/C13H20O7S.CH4O2/c1-8-3-5-10(6-4-8)21(18,19)20-7-11(15)13(17)12(16)9(2)14;2-1-3/h3-6,9,11-17H,7H2,1-2H3;2-3H,1H2. The number of hydrogen-bond acceptors (Lipinski definition) is 9. The Morgan fingerprint density at radius 3 is 1.88 bits per heavy atom. The zero-order chi connectivity index (χ0) is 18.9. The first kappa shape index (κ1) is 22.9. The van der Waals surface area contributed by atoms with Crippen molar-refractivity contribution in [1.82, 2.24) is 0 Å². The van der Waals surface area contributed by atoms with Gasteiger partial charge in [0, 0.05) is 0 Å². The molecule has 4 atom stereocenters. The van der Waals surface area contributed by atoms with E-state index in [9.17, 15) is 23.7 Å². The summed E-state index contributed by atoms with van der Waals surface area (Å²) in [6.07, 6.45) is -6.26. The first-order valence-corrected chi connectivity index (χ1v) is 8.37. The predicted molar refractivity (Wildman–Crippen MR) is 83.3 cm³/mol. The number of hydrogen-bond donors (Lipinski definition) is 6. The van der Waals surface area contributed by atoms with Crippen LogP contribution in [0.15, 0.2) is 29.2 Å². The minimum absolute atomic E-state index is 0.0779. The van der Waals surface area contributed by atoms with Crippen LogP contribution in [0, 0.1) is 6.92 Å². The Morgan fingerprint density at radius 2 is 1.46 bits per heavy atom. The van der Waals surface area contributed by atoms with Gasteiger partial charge in [-0.15, -0.1) is 0 Å².